The summed E-state index contributed by atoms with van der Waals surface area (Å²) in [6.07, 6.45) is 5.56. The Balaban J connectivity index is 1.71. The SMILES string of the molecule is CCCNC(CN1CC2CCC1C2)c1ccccc1C. The third-order valence-corrected chi connectivity index (χ3v) is 5.14. The molecule has 20 heavy (non-hydrogen) atoms. The zero-order valence-corrected chi connectivity index (χ0v) is 12.9. The van der Waals surface area contributed by atoms with E-state index < -0.39 is 0 Å². The molecular weight excluding hydrogens is 244 g/mol. The summed E-state index contributed by atoms with van der Waals surface area (Å²) in [5.41, 5.74) is 2.91. The van der Waals surface area contributed by atoms with Crippen LogP contribution >= 0.6 is 0 Å². The Morgan fingerprint density at radius 3 is 2.80 bits per heavy atom. The van der Waals surface area contributed by atoms with Gasteiger partial charge >= 0.3 is 0 Å². The zero-order valence-electron chi connectivity index (χ0n) is 12.9. The van der Waals surface area contributed by atoms with Gasteiger partial charge in [-0.25, -0.2) is 0 Å². The summed E-state index contributed by atoms with van der Waals surface area (Å²) in [7, 11) is 0. The monoisotopic (exact) mass is 272 g/mol. The van der Waals surface area contributed by atoms with Crippen LogP contribution in [-0.4, -0.2) is 30.6 Å². The molecule has 0 amide bonds. The molecule has 0 aromatic heterocycles. The van der Waals surface area contributed by atoms with Crippen LogP contribution in [0.15, 0.2) is 24.3 Å². The minimum atomic E-state index is 0.496. The molecule has 1 saturated heterocycles. The van der Waals surface area contributed by atoms with Gasteiger partial charge in [-0.1, -0.05) is 31.2 Å². The van der Waals surface area contributed by atoms with Crippen LogP contribution < -0.4 is 5.32 Å². The molecule has 2 nitrogen and oxygen atoms in total. The minimum Gasteiger partial charge on any atom is -0.309 e. The van der Waals surface area contributed by atoms with Crippen molar-refractivity contribution >= 4 is 0 Å². The molecule has 2 heteroatoms. The van der Waals surface area contributed by atoms with Gasteiger partial charge in [-0.15, -0.1) is 0 Å². The molecule has 3 unspecified atom stereocenters. The molecule has 3 rings (SSSR count). The molecule has 0 spiro atoms. The first-order valence-corrected chi connectivity index (χ1v) is 8.31. The van der Waals surface area contributed by atoms with Gasteiger partial charge in [-0.2, -0.15) is 0 Å². The van der Waals surface area contributed by atoms with Crippen molar-refractivity contribution in [2.24, 2.45) is 5.92 Å². The Morgan fingerprint density at radius 2 is 2.15 bits per heavy atom. The number of piperidine rings is 1. The highest BCUT2D eigenvalue weighted by Crippen LogP contribution is 2.38. The van der Waals surface area contributed by atoms with E-state index in [4.69, 9.17) is 0 Å². The molecule has 1 heterocycles. The number of hydrogen-bond acceptors (Lipinski definition) is 2. The maximum atomic E-state index is 3.77. The van der Waals surface area contributed by atoms with E-state index in [1.165, 1.54) is 49.9 Å². The normalized spacial score (nSPS) is 27.1. The van der Waals surface area contributed by atoms with E-state index in [9.17, 15) is 0 Å². The Morgan fingerprint density at radius 1 is 1.30 bits per heavy atom. The number of benzene rings is 1. The fraction of sp³-hybridized carbons (Fsp3) is 0.667. The summed E-state index contributed by atoms with van der Waals surface area (Å²) in [6.45, 7) is 8.12. The van der Waals surface area contributed by atoms with Crippen LogP contribution in [0.2, 0.25) is 0 Å². The molecule has 1 aromatic carbocycles. The number of fused-ring (bicyclic) bond motifs is 2. The average Bonchev–Trinajstić information content (AvgIpc) is 3.06. The third-order valence-electron chi connectivity index (χ3n) is 5.14. The zero-order chi connectivity index (χ0) is 13.9. The van der Waals surface area contributed by atoms with Crippen molar-refractivity contribution < 1.29 is 0 Å². The topological polar surface area (TPSA) is 15.3 Å². The van der Waals surface area contributed by atoms with Gasteiger partial charge in [-0.3, -0.25) is 4.90 Å². The molecule has 1 aliphatic heterocycles. The summed E-state index contributed by atoms with van der Waals surface area (Å²) >= 11 is 0. The number of nitrogens with zero attached hydrogens (tertiary/aromatic N) is 1. The Hall–Kier alpha value is -0.860. The van der Waals surface area contributed by atoms with Gasteiger partial charge in [0.05, 0.1) is 0 Å². The quantitative estimate of drug-likeness (QED) is 0.852. The van der Waals surface area contributed by atoms with E-state index in [1.807, 2.05) is 0 Å². The predicted octanol–water partition coefficient (Wildman–Crippen LogP) is 3.52. The molecule has 0 radical (unpaired) electrons. The lowest BCUT2D eigenvalue weighted by molar-refractivity contribution is 0.191. The highest BCUT2D eigenvalue weighted by Gasteiger charge is 2.38. The van der Waals surface area contributed by atoms with Crippen molar-refractivity contribution in [2.75, 3.05) is 19.6 Å². The second-order valence-electron chi connectivity index (χ2n) is 6.65. The van der Waals surface area contributed by atoms with Gasteiger partial charge in [0.25, 0.3) is 0 Å². The lowest BCUT2D eigenvalue weighted by atomic mass is 9.99. The predicted molar refractivity (Wildman–Crippen MR) is 84.9 cm³/mol. The summed E-state index contributed by atoms with van der Waals surface area (Å²) in [4.78, 5) is 2.74. The van der Waals surface area contributed by atoms with E-state index in [0.29, 0.717) is 6.04 Å². The standard InChI is InChI=1S/C18H28N2/c1-3-10-19-18(17-7-5-4-6-14(17)2)13-20-12-15-8-9-16(20)11-15/h4-7,15-16,18-19H,3,8-13H2,1-2H3. The van der Waals surface area contributed by atoms with E-state index in [-0.39, 0.29) is 0 Å². The van der Waals surface area contributed by atoms with Crippen LogP contribution in [-0.2, 0) is 0 Å². The van der Waals surface area contributed by atoms with Crippen LogP contribution in [0.5, 0.6) is 0 Å². The fourth-order valence-electron chi connectivity index (χ4n) is 4.05. The first kappa shape index (κ1) is 14.1. The van der Waals surface area contributed by atoms with Crippen molar-refractivity contribution in [1.82, 2.24) is 10.2 Å². The van der Waals surface area contributed by atoms with Gasteiger partial charge in [-0.05, 0) is 56.2 Å². The first-order chi connectivity index (χ1) is 9.78. The number of hydrogen-bond donors (Lipinski definition) is 1. The highest BCUT2D eigenvalue weighted by atomic mass is 15.2. The van der Waals surface area contributed by atoms with E-state index in [0.717, 1.165) is 18.5 Å². The second-order valence-corrected chi connectivity index (χ2v) is 6.65. The van der Waals surface area contributed by atoms with Gasteiger partial charge < -0.3 is 5.32 Å². The van der Waals surface area contributed by atoms with Crippen LogP contribution in [0.3, 0.4) is 0 Å². The van der Waals surface area contributed by atoms with Gasteiger partial charge in [0.15, 0.2) is 0 Å². The number of aryl methyl sites for hydroxylation is 1. The Bertz CT molecular complexity index is 443. The molecule has 2 aliphatic rings. The molecule has 110 valence electrons. The van der Waals surface area contributed by atoms with E-state index in [2.05, 4.69) is 48.3 Å². The van der Waals surface area contributed by atoms with Crippen molar-refractivity contribution in [3.05, 3.63) is 35.4 Å². The molecule has 2 bridgehead atoms. The summed E-state index contributed by atoms with van der Waals surface area (Å²) < 4.78 is 0. The average molecular weight is 272 g/mol. The molecule has 1 aliphatic carbocycles. The summed E-state index contributed by atoms with van der Waals surface area (Å²) in [6, 6.07) is 10.2. The maximum Gasteiger partial charge on any atom is 0.0452 e. The molecule has 1 saturated carbocycles. The maximum absolute atomic E-state index is 3.77. The number of nitrogens with one attached hydrogen (secondary N) is 1. The summed E-state index contributed by atoms with van der Waals surface area (Å²) in [5, 5.41) is 3.77. The van der Waals surface area contributed by atoms with Crippen molar-refractivity contribution in [3.63, 3.8) is 0 Å². The smallest absolute Gasteiger partial charge is 0.0452 e. The third kappa shape index (κ3) is 2.91. The number of rotatable bonds is 6. The molecular formula is C18H28N2. The van der Waals surface area contributed by atoms with Crippen LogP contribution in [0, 0.1) is 12.8 Å². The van der Waals surface area contributed by atoms with E-state index in [1.54, 1.807) is 0 Å². The summed E-state index contributed by atoms with van der Waals surface area (Å²) in [5.74, 6) is 0.990. The first-order valence-electron chi connectivity index (χ1n) is 8.31. The van der Waals surface area contributed by atoms with Crippen molar-refractivity contribution in [1.29, 1.82) is 0 Å². The van der Waals surface area contributed by atoms with Crippen LogP contribution in [0.25, 0.3) is 0 Å². The lowest BCUT2D eigenvalue weighted by Gasteiger charge is -2.32. The molecule has 2 fully saturated rings. The molecule has 3 atom stereocenters. The largest absolute Gasteiger partial charge is 0.309 e. The van der Waals surface area contributed by atoms with Crippen molar-refractivity contribution in [2.45, 2.75) is 51.6 Å². The van der Waals surface area contributed by atoms with E-state index >= 15 is 0 Å². The Labute approximate surface area is 123 Å². The fourth-order valence-corrected chi connectivity index (χ4v) is 4.05. The molecule has 1 N–H and O–H groups in total. The van der Waals surface area contributed by atoms with Gasteiger partial charge in [0.2, 0.25) is 0 Å². The number of likely N-dealkylation sites (tertiary alicyclic amines) is 1. The van der Waals surface area contributed by atoms with Gasteiger partial charge in [0, 0.05) is 25.2 Å². The van der Waals surface area contributed by atoms with Crippen LogP contribution in [0.1, 0.15) is 49.8 Å². The molecule has 1 aromatic rings. The highest BCUT2D eigenvalue weighted by molar-refractivity contribution is 5.29. The van der Waals surface area contributed by atoms with Crippen molar-refractivity contribution in [3.8, 4) is 0 Å². The lowest BCUT2D eigenvalue weighted by Crippen LogP contribution is -2.40. The van der Waals surface area contributed by atoms with Crippen LogP contribution in [0.4, 0.5) is 0 Å². The Kier molecular flexibility index (Phi) is 4.42. The minimum absolute atomic E-state index is 0.496. The second kappa shape index (κ2) is 6.28. The van der Waals surface area contributed by atoms with Gasteiger partial charge in [0.1, 0.15) is 0 Å².